The molecule has 0 aliphatic heterocycles. The van der Waals surface area contributed by atoms with E-state index < -0.39 is 66.7 Å². The molecule has 0 aromatic heterocycles. The molecule has 0 saturated carbocycles. The number of alkyl halides is 3. The van der Waals surface area contributed by atoms with Crippen LogP contribution in [0.4, 0.5) is 18.9 Å². The van der Waals surface area contributed by atoms with Gasteiger partial charge in [-0.1, -0.05) is 82.5 Å². The fourth-order valence-electron chi connectivity index (χ4n) is 8.40. The van der Waals surface area contributed by atoms with E-state index in [9.17, 15) is 32.1 Å². The van der Waals surface area contributed by atoms with Crippen molar-refractivity contribution in [1.29, 1.82) is 0 Å². The fourth-order valence-corrected chi connectivity index (χ4v) is 9.60. The normalized spacial score (nSPS) is 18.0. The molecule has 0 fully saturated rings. The van der Waals surface area contributed by atoms with Crippen molar-refractivity contribution in [3.05, 3.63) is 94.1 Å². The molecule has 2 aliphatic carbocycles. The highest BCUT2D eigenvalue weighted by molar-refractivity contribution is 7.48. The van der Waals surface area contributed by atoms with Crippen LogP contribution in [0.15, 0.2) is 66.2 Å². The van der Waals surface area contributed by atoms with Gasteiger partial charge in [0.25, 0.3) is 0 Å². The molecular formula is C48H62F3N4O9P. The zero-order valence-corrected chi connectivity index (χ0v) is 39.3. The number of amides is 4. The lowest BCUT2D eigenvalue weighted by Crippen LogP contribution is -2.66. The van der Waals surface area contributed by atoms with Crippen molar-refractivity contribution in [2.75, 3.05) is 25.6 Å². The molecule has 3 aromatic rings. The monoisotopic (exact) mass is 926 g/mol. The van der Waals surface area contributed by atoms with Crippen molar-refractivity contribution in [3.63, 3.8) is 0 Å². The number of aryl methyl sites for hydroxylation is 1. The number of hydrogen-bond donors (Lipinski definition) is 4. The van der Waals surface area contributed by atoms with E-state index in [2.05, 4.69) is 21.3 Å². The van der Waals surface area contributed by atoms with Crippen LogP contribution in [0.1, 0.15) is 108 Å². The topological polar surface area (TPSA) is 170 Å². The standard InChI is InChI=1S/C48H62F3N4O9P/c1-9-29(5)42(44(57)52-34-21-23-39(61-8)40(27-34)64-65(60,62-11-3)63-12-4)54-46(59)47(25-24-32-20-22-36-35(37(32)28-47)18-15-19-38(36)48(49,50)51)55-45(58)43(30(6)10-2)53-41(56)26-33-17-14-13-16-31(33)7/h13-19,21,23,27,29-30,42-43H,9-12,20,22,24-26,28H2,1-8H3,(H,52,57)(H,53,56)(H,54,59)(H,55,58)/t29?,30?,42-,43-,47+/m0/s1. The summed E-state index contributed by atoms with van der Waals surface area (Å²) in [4.78, 5) is 57.7. The molecule has 5 atom stereocenters. The van der Waals surface area contributed by atoms with Gasteiger partial charge in [0.15, 0.2) is 11.5 Å². The maximum atomic E-state index is 15.1. The number of ether oxygens (including phenoxy) is 1. The number of allylic oxidation sites excluding steroid dienone is 1. The quantitative estimate of drug-likeness (QED) is 0.0807. The Morgan fingerprint density at radius 2 is 1.48 bits per heavy atom. The largest absolute Gasteiger partial charge is 0.530 e. The Morgan fingerprint density at radius 3 is 2.09 bits per heavy atom. The van der Waals surface area contributed by atoms with E-state index in [-0.39, 0.29) is 74.0 Å². The molecular weight excluding hydrogens is 865 g/mol. The summed E-state index contributed by atoms with van der Waals surface area (Å²) in [6, 6.07) is 13.6. The molecule has 0 heterocycles. The summed E-state index contributed by atoms with van der Waals surface area (Å²) in [6.45, 7) is 12.5. The third-order valence-electron chi connectivity index (χ3n) is 12.5. The summed E-state index contributed by atoms with van der Waals surface area (Å²) >= 11 is 0. The first kappa shape index (κ1) is 50.8. The maximum absolute atomic E-state index is 15.1. The lowest BCUT2D eigenvalue weighted by molar-refractivity contribution is -0.138. The Balaban J connectivity index is 1.51. The minimum Gasteiger partial charge on any atom is -0.493 e. The van der Waals surface area contributed by atoms with Crippen LogP contribution in [-0.2, 0) is 51.8 Å². The van der Waals surface area contributed by atoms with Gasteiger partial charge in [-0.3, -0.25) is 28.2 Å². The second-order valence-corrected chi connectivity index (χ2v) is 18.4. The van der Waals surface area contributed by atoms with E-state index in [1.54, 1.807) is 26.8 Å². The summed E-state index contributed by atoms with van der Waals surface area (Å²) in [5, 5.41) is 11.7. The molecule has 5 rings (SSSR count). The molecule has 13 nitrogen and oxygen atoms in total. The van der Waals surface area contributed by atoms with Gasteiger partial charge >= 0.3 is 14.0 Å². The molecule has 17 heteroatoms. The van der Waals surface area contributed by atoms with Crippen molar-refractivity contribution >= 4 is 42.7 Å². The van der Waals surface area contributed by atoms with Crippen molar-refractivity contribution in [1.82, 2.24) is 16.0 Å². The second kappa shape index (κ2) is 21.9. The molecule has 0 saturated heterocycles. The zero-order chi connectivity index (χ0) is 47.7. The maximum Gasteiger partial charge on any atom is 0.530 e. The van der Waals surface area contributed by atoms with Crippen LogP contribution in [-0.4, -0.2) is 61.6 Å². The predicted molar refractivity (Wildman–Crippen MR) is 242 cm³/mol. The Morgan fingerprint density at radius 1 is 0.815 bits per heavy atom. The van der Waals surface area contributed by atoms with Gasteiger partial charge in [-0.2, -0.15) is 13.2 Å². The average molecular weight is 927 g/mol. The highest BCUT2D eigenvalue weighted by Gasteiger charge is 2.48. The van der Waals surface area contributed by atoms with Gasteiger partial charge in [0.05, 0.1) is 32.3 Å². The third kappa shape index (κ3) is 12.2. The SMILES string of the molecule is CCOP(=O)(OCC)Oc1cc(NC(=O)[C@@H](NC(=O)[C@@]2(NC(=O)[C@@H](NC(=O)Cc3ccccc3C)C(C)CC)CCC3=C(C2)c2cccc(C(F)(F)F)c2CC3)C(C)CC)ccc1OC. The first-order valence-corrected chi connectivity index (χ1v) is 23.7. The van der Waals surface area contributed by atoms with Crippen LogP contribution in [0, 0.1) is 18.8 Å². The number of nitrogens with one attached hydrogen (secondary N) is 4. The lowest BCUT2D eigenvalue weighted by Gasteiger charge is -2.42. The molecule has 2 aliphatic rings. The number of anilines is 1. The van der Waals surface area contributed by atoms with Gasteiger partial charge in [-0.15, -0.1) is 0 Å². The fraction of sp³-hybridized carbons (Fsp3) is 0.500. The molecule has 65 heavy (non-hydrogen) atoms. The third-order valence-corrected chi connectivity index (χ3v) is 14.0. The van der Waals surface area contributed by atoms with E-state index in [1.165, 1.54) is 31.4 Å². The Kier molecular flexibility index (Phi) is 17.1. The highest BCUT2D eigenvalue weighted by atomic mass is 31.2. The molecule has 3 aromatic carbocycles. The van der Waals surface area contributed by atoms with Crippen LogP contribution >= 0.6 is 7.82 Å². The van der Waals surface area contributed by atoms with Crippen LogP contribution in [0.25, 0.3) is 5.57 Å². The molecule has 0 spiro atoms. The van der Waals surface area contributed by atoms with E-state index in [0.29, 0.717) is 30.4 Å². The minimum absolute atomic E-state index is 0.0128. The predicted octanol–water partition coefficient (Wildman–Crippen LogP) is 9.26. The summed E-state index contributed by atoms with van der Waals surface area (Å²) in [5.41, 5.74) is 1.31. The number of carbonyl (C=O) groups is 4. The van der Waals surface area contributed by atoms with E-state index in [0.717, 1.165) is 22.8 Å². The summed E-state index contributed by atoms with van der Waals surface area (Å²) in [7, 11) is -2.70. The van der Waals surface area contributed by atoms with Crippen LogP contribution in [0.5, 0.6) is 11.5 Å². The van der Waals surface area contributed by atoms with Crippen molar-refractivity contribution < 1.29 is 55.2 Å². The summed E-state index contributed by atoms with van der Waals surface area (Å²) in [6.07, 6.45) is -2.94. The molecule has 4 amide bonds. The number of carbonyl (C=O) groups excluding carboxylic acids is 4. The molecule has 0 bridgehead atoms. The van der Waals surface area contributed by atoms with Crippen molar-refractivity contribution in [3.8, 4) is 11.5 Å². The number of halogens is 3. The smallest absolute Gasteiger partial charge is 0.493 e. The van der Waals surface area contributed by atoms with Gasteiger partial charge in [0.2, 0.25) is 23.6 Å². The molecule has 354 valence electrons. The van der Waals surface area contributed by atoms with Crippen molar-refractivity contribution in [2.24, 2.45) is 11.8 Å². The van der Waals surface area contributed by atoms with Crippen LogP contribution in [0.2, 0.25) is 0 Å². The van der Waals surface area contributed by atoms with Gasteiger partial charge < -0.3 is 30.5 Å². The first-order valence-electron chi connectivity index (χ1n) is 22.3. The van der Waals surface area contributed by atoms with Crippen molar-refractivity contribution in [2.45, 2.75) is 124 Å². The lowest BCUT2D eigenvalue weighted by atomic mass is 9.70. The van der Waals surface area contributed by atoms with Gasteiger partial charge in [0, 0.05) is 18.2 Å². The number of benzene rings is 3. The molecule has 4 N–H and O–H groups in total. The van der Waals surface area contributed by atoms with Gasteiger partial charge in [0.1, 0.15) is 17.6 Å². The summed E-state index contributed by atoms with van der Waals surface area (Å²) < 4.78 is 78.0. The average Bonchev–Trinajstić information content (AvgIpc) is 3.27. The van der Waals surface area contributed by atoms with E-state index >= 15 is 4.79 Å². The Bertz CT molecular complexity index is 2290. The zero-order valence-electron chi connectivity index (χ0n) is 38.4. The van der Waals surface area contributed by atoms with Crippen LogP contribution < -0.4 is 30.5 Å². The van der Waals surface area contributed by atoms with Gasteiger partial charge in [-0.25, -0.2) is 4.57 Å². The van der Waals surface area contributed by atoms with Gasteiger partial charge in [-0.05, 0) is 104 Å². The summed E-state index contributed by atoms with van der Waals surface area (Å²) in [5.74, 6) is -3.09. The number of methoxy groups -OCH3 is 1. The number of hydrogen-bond acceptors (Lipinski definition) is 9. The first-order chi connectivity index (χ1) is 30.8. The van der Waals surface area contributed by atoms with E-state index in [4.69, 9.17) is 18.3 Å². The number of phosphoric ester groups is 1. The Labute approximate surface area is 379 Å². The highest BCUT2D eigenvalue weighted by Crippen LogP contribution is 2.52. The molecule has 0 radical (unpaired) electrons. The van der Waals surface area contributed by atoms with Crippen LogP contribution in [0.3, 0.4) is 0 Å². The minimum atomic E-state index is -4.61. The number of rotatable bonds is 20. The number of phosphoric acid groups is 1. The number of fused-ring (bicyclic) bond motifs is 2. The second-order valence-electron chi connectivity index (χ2n) is 16.8. The van der Waals surface area contributed by atoms with E-state index in [1.807, 2.05) is 52.0 Å². The Hall–Kier alpha value is -5.18. The molecule has 2 unspecified atom stereocenters.